The molecule has 2 aromatic carbocycles. The number of anilines is 1. The number of nitrogens with one attached hydrogen (secondary N) is 2. The summed E-state index contributed by atoms with van der Waals surface area (Å²) in [5, 5.41) is 7.23. The lowest BCUT2D eigenvalue weighted by molar-refractivity contribution is -0.121. The third-order valence-electron chi connectivity index (χ3n) is 3.91. The van der Waals surface area contributed by atoms with Crippen LogP contribution in [0.1, 0.15) is 18.9 Å². The van der Waals surface area contributed by atoms with Crippen molar-refractivity contribution in [2.24, 2.45) is 5.10 Å². The number of amides is 1. The number of hydrazone groups is 1. The van der Waals surface area contributed by atoms with Crippen molar-refractivity contribution in [2.75, 3.05) is 26.6 Å². The average molecular weight is 371 g/mol. The highest BCUT2D eigenvalue weighted by Gasteiger charge is 2.16. The number of carbonyl (C=O) groups is 1. The summed E-state index contributed by atoms with van der Waals surface area (Å²) in [6.45, 7) is 1.93. The fraction of sp³-hybridized carbons (Fsp3) is 0.300. The zero-order chi connectivity index (χ0) is 19.6. The van der Waals surface area contributed by atoms with E-state index in [0.29, 0.717) is 29.2 Å². The molecule has 0 saturated heterocycles. The van der Waals surface area contributed by atoms with E-state index in [1.807, 2.05) is 37.3 Å². The van der Waals surface area contributed by atoms with Crippen LogP contribution in [0.15, 0.2) is 47.6 Å². The van der Waals surface area contributed by atoms with Gasteiger partial charge in [0.05, 0.1) is 27.5 Å². The van der Waals surface area contributed by atoms with Crippen LogP contribution >= 0.6 is 0 Å². The Hall–Kier alpha value is -3.22. The Morgan fingerprint density at radius 1 is 1.07 bits per heavy atom. The molecule has 2 rings (SSSR count). The molecule has 7 heteroatoms. The van der Waals surface area contributed by atoms with Crippen LogP contribution in [0.5, 0.6) is 17.2 Å². The fourth-order valence-electron chi connectivity index (χ4n) is 2.51. The number of benzene rings is 2. The standard InChI is InChI=1S/C20H25N3O4/c1-5-16(22-15-9-7-6-8-10-15)20(24)23-21-13-14-11-17(25-2)19(27-4)18(12-14)26-3/h6-13,16,22H,5H2,1-4H3,(H,23,24)/b21-13-/t16-/m1/s1. The van der Waals surface area contributed by atoms with Crippen LogP contribution in [0.4, 0.5) is 5.69 Å². The summed E-state index contributed by atoms with van der Waals surface area (Å²) in [5.41, 5.74) is 4.15. The lowest BCUT2D eigenvalue weighted by Crippen LogP contribution is -2.36. The van der Waals surface area contributed by atoms with Gasteiger partial charge in [-0.2, -0.15) is 5.10 Å². The highest BCUT2D eigenvalue weighted by Crippen LogP contribution is 2.37. The van der Waals surface area contributed by atoms with Crippen LogP contribution in [-0.2, 0) is 4.79 Å². The third-order valence-corrected chi connectivity index (χ3v) is 3.91. The summed E-state index contributed by atoms with van der Waals surface area (Å²) in [7, 11) is 4.63. The van der Waals surface area contributed by atoms with Crippen LogP contribution in [0, 0.1) is 0 Å². The molecule has 0 aliphatic carbocycles. The van der Waals surface area contributed by atoms with Crippen molar-refractivity contribution >= 4 is 17.8 Å². The molecule has 1 atom stereocenters. The first-order chi connectivity index (χ1) is 13.1. The summed E-state index contributed by atoms with van der Waals surface area (Å²) in [6.07, 6.45) is 2.15. The molecule has 0 saturated carbocycles. The lowest BCUT2D eigenvalue weighted by atomic mass is 10.2. The van der Waals surface area contributed by atoms with Gasteiger partial charge in [0.25, 0.3) is 5.91 Å². The summed E-state index contributed by atoms with van der Waals surface area (Å²) >= 11 is 0. The van der Waals surface area contributed by atoms with Gasteiger partial charge in [-0.15, -0.1) is 0 Å². The van der Waals surface area contributed by atoms with Crippen LogP contribution in [0.25, 0.3) is 0 Å². The van der Waals surface area contributed by atoms with Crippen LogP contribution in [0.2, 0.25) is 0 Å². The average Bonchev–Trinajstić information content (AvgIpc) is 2.71. The summed E-state index contributed by atoms with van der Waals surface area (Å²) in [5.74, 6) is 1.31. The molecule has 1 amide bonds. The van der Waals surface area contributed by atoms with Gasteiger partial charge in [0.2, 0.25) is 5.75 Å². The normalized spacial score (nSPS) is 11.7. The van der Waals surface area contributed by atoms with Crippen LogP contribution in [-0.4, -0.2) is 39.5 Å². The molecule has 0 heterocycles. The first kappa shape index (κ1) is 20.1. The number of nitrogens with zero attached hydrogens (tertiary/aromatic N) is 1. The molecule has 0 bridgehead atoms. The number of hydrogen-bond acceptors (Lipinski definition) is 6. The monoisotopic (exact) mass is 371 g/mol. The lowest BCUT2D eigenvalue weighted by Gasteiger charge is -2.16. The molecule has 7 nitrogen and oxygen atoms in total. The molecule has 0 fully saturated rings. The second-order valence-corrected chi connectivity index (χ2v) is 5.66. The Labute approximate surface area is 159 Å². The highest BCUT2D eigenvalue weighted by atomic mass is 16.5. The number of rotatable bonds is 9. The van der Waals surface area contributed by atoms with Crippen LogP contribution < -0.4 is 25.0 Å². The van der Waals surface area contributed by atoms with Crippen molar-refractivity contribution in [1.29, 1.82) is 0 Å². The van der Waals surface area contributed by atoms with E-state index in [2.05, 4.69) is 15.8 Å². The Morgan fingerprint density at radius 2 is 1.70 bits per heavy atom. The number of para-hydroxylation sites is 1. The maximum atomic E-state index is 12.4. The molecule has 0 radical (unpaired) electrons. The van der Waals surface area contributed by atoms with Gasteiger partial charge >= 0.3 is 0 Å². The van der Waals surface area contributed by atoms with E-state index in [0.717, 1.165) is 5.69 Å². The number of methoxy groups -OCH3 is 3. The van der Waals surface area contributed by atoms with E-state index in [-0.39, 0.29) is 11.9 Å². The Bertz CT molecular complexity index is 753. The summed E-state index contributed by atoms with van der Waals surface area (Å²) < 4.78 is 15.9. The molecule has 0 unspecified atom stereocenters. The van der Waals surface area contributed by atoms with Gasteiger partial charge in [0, 0.05) is 11.3 Å². The second kappa shape index (κ2) is 10.1. The minimum absolute atomic E-state index is 0.218. The maximum Gasteiger partial charge on any atom is 0.262 e. The van der Waals surface area contributed by atoms with Gasteiger partial charge in [-0.3, -0.25) is 4.79 Å². The molecular weight excluding hydrogens is 346 g/mol. The zero-order valence-electron chi connectivity index (χ0n) is 16.0. The minimum atomic E-state index is -0.385. The van der Waals surface area contributed by atoms with Gasteiger partial charge < -0.3 is 19.5 Å². The largest absolute Gasteiger partial charge is 0.493 e. The van der Waals surface area contributed by atoms with E-state index >= 15 is 0 Å². The van der Waals surface area contributed by atoms with Crippen molar-refractivity contribution in [3.63, 3.8) is 0 Å². The van der Waals surface area contributed by atoms with Crippen molar-refractivity contribution in [2.45, 2.75) is 19.4 Å². The van der Waals surface area contributed by atoms with Gasteiger partial charge in [-0.05, 0) is 30.7 Å². The first-order valence-corrected chi connectivity index (χ1v) is 8.57. The van der Waals surface area contributed by atoms with E-state index in [1.54, 1.807) is 33.5 Å². The molecule has 0 aliphatic rings. The molecule has 0 aliphatic heterocycles. The molecule has 0 aromatic heterocycles. The number of hydrogen-bond donors (Lipinski definition) is 2. The fourth-order valence-corrected chi connectivity index (χ4v) is 2.51. The molecule has 27 heavy (non-hydrogen) atoms. The Balaban J connectivity index is 2.06. The van der Waals surface area contributed by atoms with Gasteiger partial charge in [-0.1, -0.05) is 25.1 Å². The summed E-state index contributed by atoms with van der Waals surface area (Å²) in [4.78, 5) is 12.4. The maximum absolute atomic E-state index is 12.4. The van der Waals surface area contributed by atoms with Gasteiger partial charge in [0.1, 0.15) is 6.04 Å². The number of ether oxygens (including phenoxy) is 3. The van der Waals surface area contributed by atoms with E-state index in [4.69, 9.17) is 14.2 Å². The van der Waals surface area contributed by atoms with E-state index in [1.165, 1.54) is 6.21 Å². The molecule has 2 N–H and O–H groups in total. The topological polar surface area (TPSA) is 81.2 Å². The minimum Gasteiger partial charge on any atom is -0.493 e. The molecule has 144 valence electrons. The Kier molecular flexibility index (Phi) is 7.49. The smallest absolute Gasteiger partial charge is 0.262 e. The zero-order valence-corrected chi connectivity index (χ0v) is 16.0. The molecule has 0 spiro atoms. The van der Waals surface area contributed by atoms with E-state index in [9.17, 15) is 4.79 Å². The first-order valence-electron chi connectivity index (χ1n) is 8.57. The van der Waals surface area contributed by atoms with Crippen LogP contribution in [0.3, 0.4) is 0 Å². The van der Waals surface area contributed by atoms with Gasteiger partial charge in [0.15, 0.2) is 11.5 Å². The second-order valence-electron chi connectivity index (χ2n) is 5.66. The quantitative estimate of drug-likeness (QED) is 0.523. The third kappa shape index (κ3) is 5.37. The summed E-state index contributed by atoms with van der Waals surface area (Å²) in [6, 6.07) is 12.7. The molecular formula is C20H25N3O4. The predicted molar refractivity (Wildman–Crippen MR) is 106 cm³/mol. The van der Waals surface area contributed by atoms with Gasteiger partial charge in [-0.25, -0.2) is 5.43 Å². The Morgan fingerprint density at radius 3 is 2.22 bits per heavy atom. The molecule has 2 aromatic rings. The van der Waals surface area contributed by atoms with Crippen molar-refractivity contribution < 1.29 is 19.0 Å². The predicted octanol–water partition coefficient (Wildman–Crippen LogP) is 3.05. The van der Waals surface area contributed by atoms with E-state index < -0.39 is 0 Å². The highest BCUT2D eigenvalue weighted by molar-refractivity contribution is 5.87. The van der Waals surface area contributed by atoms with Crippen molar-refractivity contribution in [1.82, 2.24) is 5.43 Å². The number of carbonyl (C=O) groups excluding carboxylic acids is 1. The SMILES string of the molecule is CC[C@@H](Nc1ccccc1)C(=O)N/N=C\c1cc(OC)c(OC)c(OC)c1. The van der Waals surface area contributed by atoms with Crippen molar-refractivity contribution in [3.8, 4) is 17.2 Å². The van der Waals surface area contributed by atoms with Crippen molar-refractivity contribution in [3.05, 3.63) is 48.0 Å².